The summed E-state index contributed by atoms with van der Waals surface area (Å²) in [6.45, 7) is 3.09. The van der Waals surface area contributed by atoms with Crippen molar-refractivity contribution in [2.75, 3.05) is 6.54 Å². The molecule has 0 spiro atoms. The van der Waals surface area contributed by atoms with Gasteiger partial charge < -0.3 is 15.0 Å². The second-order valence-corrected chi connectivity index (χ2v) is 8.01. The number of rotatable bonds is 6. The quantitative estimate of drug-likeness (QED) is 0.657. The third-order valence-electron chi connectivity index (χ3n) is 5.57. The van der Waals surface area contributed by atoms with Gasteiger partial charge in [0.05, 0.1) is 6.04 Å². The molecule has 30 heavy (non-hydrogen) atoms. The maximum Gasteiger partial charge on any atom is 0.173 e. The van der Waals surface area contributed by atoms with Gasteiger partial charge >= 0.3 is 0 Å². The van der Waals surface area contributed by atoms with Crippen LogP contribution in [-0.2, 0) is 11.4 Å². The van der Waals surface area contributed by atoms with Crippen LogP contribution in [-0.4, -0.2) is 22.3 Å². The van der Waals surface area contributed by atoms with Crippen molar-refractivity contribution >= 4 is 23.1 Å². The van der Waals surface area contributed by atoms with E-state index in [2.05, 4.69) is 17.1 Å². The van der Waals surface area contributed by atoms with Crippen LogP contribution in [0.5, 0.6) is 5.75 Å². The van der Waals surface area contributed by atoms with Crippen LogP contribution in [0.15, 0.2) is 59.8 Å². The Morgan fingerprint density at radius 3 is 2.67 bits per heavy atom. The lowest BCUT2D eigenvalue weighted by Crippen LogP contribution is -2.49. The van der Waals surface area contributed by atoms with Gasteiger partial charge in [-0.2, -0.15) is 0 Å². The number of carbonyl (C=O) groups excluding carboxylic acids is 1. The fraction of sp³-hybridized carbons (Fsp3) is 0.333. The summed E-state index contributed by atoms with van der Waals surface area (Å²) in [5, 5.41) is 4.05. The topological polar surface area (TPSA) is 41.6 Å². The van der Waals surface area contributed by atoms with Crippen molar-refractivity contribution in [3.63, 3.8) is 0 Å². The lowest BCUT2D eigenvalue weighted by atomic mass is 9.85. The number of carbonyl (C=O) groups is 1. The minimum atomic E-state index is -0.277. The van der Waals surface area contributed by atoms with E-state index < -0.39 is 0 Å². The van der Waals surface area contributed by atoms with Crippen LogP contribution in [0.4, 0.5) is 4.39 Å². The molecule has 4 nitrogen and oxygen atoms in total. The zero-order chi connectivity index (χ0) is 21.1. The van der Waals surface area contributed by atoms with E-state index in [9.17, 15) is 9.18 Å². The number of nitrogens with one attached hydrogen (secondary N) is 1. The minimum absolute atomic E-state index is 0.164. The predicted molar refractivity (Wildman–Crippen MR) is 119 cm³/mol. The largest absolute Gasteiger partial charge is 0.489 e. The highest BCUT2D eigenvalue weighted by Gasteiger charge is 2.36. The normalized spacial score (nSPS) is 18.9. The van der Waals surface area contributed by atoms with Crippen LogP contribution in [0, 0.1) is 5.82 Å². The summed E-state index contributed by atoms with van der Waals surface area (Å²) >= 11 is 5.62. The first-order chi connectivity index (χ1) is 14.6. The standard InChI is InChI=1S/C24H25FN2O2S/c1-2-14-27-20-8-5-9-21(28)22(20)23(26-24(27)30)16-10-12-18(13-11-16)29-15-17-6-3-4-7-19(17)25/h3-4,6-7,10-13,23H,2,5,8-9,14-15H2,1H3,(H,26,30). The third-order valence-corrected chi connectivity index (χ3v) is 5.91. The zero-order valence-electron chi connectivity index (χ0n) is 17.0. The molecular formula is C24H25FN2O2S. The van der Waals surface area contributed by atoms with E-state index in [0.717, 1.165) is 42.6 Å². The summed E-state index contributed by atoms with van der Waals surface area (Å²) in [4.78, 5) is 14.9. The molecule has 2 aromatic rings. The fourth-order valence-corrected chi connectivity index (χ4v) is 4.41. The molecule has 1 aliphatic carbocycles. The molecule has 1 unspecified atom stereocenters. The van der Waals surface area contributed by atoms with E-state index >= 15 is 0 Å². The number of ketones is 1. The van der Waals surface area contributed by atoms with Crippen molar-refractivity contribution in [1.29, 1.82) is 0 Å². The molecule has 2 aliphatic rings. The summed E-state index contributed by atoms with van der Waals surface area (Å²) in [6.07, 6.45) is 3.29. The average molecular weight is 425 g/mol. The molecule has 0 saturated heterocycles. The summed E-state index contributed by atoms with van der Waals surface area (Å²) in [5.41, 5.74) is 3.39. The Labute approximate surface area is 181 Å². The van der Waals surface area contributed by atoms with Crippen LogP contribution in [0.25, 0.3) is 0 Å². The Morgan fingerprint density at radius 1 is 1.17 bits per heavy atom. The molecule has 1 atom stereocenters. The molecule has 4 rings (SSSR count). The molecule has 0 fully saturated rings. The second-order valence-electron chi connectivity index (χ2n) is 7.62. The molecule has 2 aromatic carbocycles. The number of benzene rings is 2. The van der Waals surface area contributed by atoms with Gasteiger partial charge in [0.1, 0.15) is 18.2 Å². The van der Waals surface area contributed by atoms with E-state index in [0.29, 0.717) is 22.8 Å². The molecular weight excluding hydrogens is 399 g/mol. The van der Waals surface area contributed by atoms with Gasteiger partial charge in [-0.15, -0.1) is 0 Å². The highest BCUT2D eigenvalue weighted by atomic mass is 32.1. The monoisotopic (exact) mass is 424 g/mol. The number of hydrogen-bond donors (Lipinski definition) is 1. The summed E-state index contributed by atoms with van der Waals surface area (Å²) in [5.74, 6) is 0.565. The van der Waals surface area contributed by atoms with Crippen LogP contribution < -0.4 is 10.1 Å². The van der Waals surface area contributed by atoms with Gasteiger partial charge in [-0.25, -0.2) is 4.39 Å². The SMILES string of the molecule is CCCN1C(=S)NC(c2ccc(OCc3ccccc3F)cc2)C2=C1CCCC2=O. The van der Waals surface area contributed by atoms with Gasteiger partial charge in [-0.3, -0.25) is 4.79 Å². The van der Waals surface area contributed by atoms with Crippen LogP contribution in [0.3, 0.4) is 0 Å². The fourth-order valence-electron chi connectivity index (χ4n) is 4.09. The molecule has 0 bridgehead atoms. The molecule has 1 aliphatic heterocycles. The summed E-state index contributed by atoms with van der Waals surface area (Å²) < 4.78 is 19.5. The third kappa shape index (κ3) is 4.10. The Morgan fingerprint density at radius 2 is 1.93 bits per heavy atom. The van der Waals surface area contributed by atoms with Crippen molar-refractivity contribution in [3.8, 4) is 5.75 Å². The van der Waals surface area contributed by atoms with Gasteiger partial charge in [-0.1, -0.05) is 37.3 Å². The number of nitrogens with zero attached hydrogens (tertiary/aromatic N) is 1. The minimum Gasteiger partial charge on any atom is -0.489 e. The predicted octanol–water partition coefficient (Wildman–Crippen LogP) is 5.05. The molecule has 1 N–H and O–H groups in total. The van der Waals surface area contributed by atoms with Gasteiger partial charge in [-0.05, 0) is 55.2 Å². The van der Waals surface area contributed by atoms with Gasteiger partial charge in [0.25, 0.3) is 0 Å². The molecule has 0 radical (unpaired) electrons. The number of allylic oxidation sites excluding steroid dienone is 1. The molecule has 6 heteroatoms. The summed E-state index contributed by atoms with van der Waals surface area (Å²) in [6, 6.07) is 13.9. The van der Waals surface area contributed by atoms with Gasteiger partial charge in [0, 0.05) is 29.8 Å². The van der Waals surface area contributed by atoms with Crippen LogP contribution >= 0.6 is 12.2 Å². The maximum absolute atomic E-state index is 13.8. The van der Waals surface area contributed by atoms with Crippen molar-refractivity contribution < 1.29 is 13.9 Å². The Bertz CT molecular complexity index is 987. The smallest absolute Gasteiger partial charge is 0.173 e. The first-order valence-electron chi connectivity index (χ1n) is 10.4. The molecule has 0 saturated carbocycles. The molecule has 0 amide bonds. The number of ether oxygens (including phenoxy) is 1. The van der Waals surface area contributed by atoms with E-state index in [1.165, 1.54) is 6.07 Å². The highest BCUT2D eigenvalue weighted by Crippen LogP contribution is 2.37. The average Bonchev–Trinajstić information content (AvgIpc) is 2.75. The number of hydrogen-bond acceptors (Lipinski definition) is 3. The van der Waals surface area contributed by atoms with Crippen LogP contribution in [0.1, 0.15) is 49.8 Å². The maximum atomic E-state index is 13.8. The van der Waals surface area contributed by atoms with E-state index in [1.807, 2.05) is 24.3 Å². The van der Waals surface area contributed by atoms with E-state index in [4.69, 9.17) is 17.0 Å². The lowest BCUT2D eigenvalue weighted by molar-refractivity contribution is -0.116. The van der Waals surface area contributed by atoms with Crippen LogP contribution in [0.2, 0.25) is 0 Å². The first-order valence-corrected chi connectivity index (χ1v) is 10.8. The molecule has 0 aromatic heterocycles. The number of thiocarbonyl (C=S) groups is 1. The summed E-state index contributed by atoms with van der Waals surface area (Å²) in [7, 11) is 0. The second kappa shape index (κ2) is 8.96. The van der Waals surface area contributed by atoms with Crippen molar-refractivity contribution in [3.05, 3.63) is 76.7 Å². The molecule has 156 valence electrons. The number of Topliss-reactive ketones (excluding diaryl/α,β-unsaturated/α-hetero) is 1. The van der Waals surface area contributed by atoms with Crippen molar-refractivity contribution in [1.82, 2.24) is 10.2 Å². The molecule has 1 heterocycles. The zero-order valence-corrected chi connectivity index (χ0v) is 17.8. The lowest BCUT2D eigenvalue weighted by Gasteiger charge is -2.41. The highest BCUT2D eigenvalue weighted by molar-refractivity contribution is 7.80. The van der Waals surface area contributed by atoms with E-state index in [-0.39, 0.29) is 24.2 Å². The Kier molecular flexibility index (Phi) is 6.13. The van der Waals surface area contributed by atoms with Crippen molar-refractivity contribution in [2.45, 2.75) is 45.3 Å². The van der Waals surface area contributed by atoms with Crippen molar-refractivity contribution in [2.24, 2.45) is 0 Å². The Hall–Kier alpha value is -2.73. The van der Waals surface area contributed by atoms with Gasteiger partial charge in [0.15, 0.2) is 10.9 Å². The van der Waals surface area contributed by atoms with E-state index in [1.54, 1.807) is 18.2 Å². The first kappa shape index (κ1) is 20.5. The number of halogens is 1. The van der Waals surface area contributed by atoms with Gasteiger partial charge in [0.2, 0.25) is 0 Å². The Balaban J connectivity index is 1.56.